The molecule has 1 aromatic carbocycles. The van der Waals surface area contributed by atoms with E-state index in [2.05, 4.69) is 21.4 Å². The van der Waals surface area contributed by atoms with Crippen LogP contribution in [0.15, 0.2) is 34.7 Å². The Morgan fingerprint density at radius 1 is 1.24 bits per heavy atom. The number of nitrogens with zero attached hydrogens (tertiary/aromatic N) is 3. The van der Waals surface area contributed by atoms with Crippen molar-refractivity contribution >= 4 is 16.7 Å². The van der Waals surface area contributed by atoms with Crippen molar-refractivity contribution in [1.29, 1.82) is 5.26 Å². The van der Waals surface area contributed by atoms with Crippen molar-refractivity contribution in [3.63, 3.8) is 0 Å². The van der Waals surface area contributed by atoms with Crippen molar-refractivity contribution < 1.29 is 4.42 Å². The average Bonchev–Trinajstić information content (AvgIpc) is 2.82. The zero-order valence-corrected chi connectivity index (χ0v) is 11.8. The predicted octanol–water partition coefficient (Wildman–Crippen LogP) is 3.32. The fraction of sp³-hybridized carbons (Fsp3) is 0.188. The van der Waals surface area contributed by atoms with Gasteiger partial charge < -0.3 is 9.73 Å². The molecule has 2 aromatic heterocycles. The molecule has 5 heteroatoms. The van der Waals surface area contributed by atoms with Gasteiger partial charge in [-0.15, -0.1) is 0 Å². The second kappa shape index (κ2) is 5.25. The smallest absolute Gasteiger partial charge is 0.213 e. The lowest BCUT2D eigenvalue weighted by atomic mass is 10.1. The maximum atomic E-state index is 9.25. The Morgan fingerprint density at radius 2 is 2.05 bits per heavy atom. The third kappa shape index (κ3) is 2.56. The summed E-state index contributed by atoms with van der Waals surface area (Å²) in [6.45, 7) is 4.17. The van der Waals surface area contributed by atoms with Crippen LogP contribution in [0.2, 0.25) is 0 Å². The van der Waals surface area contributed by atoms with Crippen molar-refractivity contribution in [3.8, 4) is 6.07 Å². The lowest BCUT2D eigenvalue weighted by molar-refractivity contribution is 0.478. The molecule has 3 rings (SSSR count). The van der Waals surface area contributed by atoms with E-state index < -0.39 is 0 Å². The van der Waals surface area contributed by atoms with Gasteiger partial charge in [-0.25, -0.2) is 9.97 Å². The molecule has 0 fully saturated rings. The first kappa shape index (κ1) is 13.1. The third-order valence-corrected chi connectivity index (χ3v) is 3.32. The predicted molar refractivity (Wildman–Crippen MR) is 79.8 cm³/mol. The van der Waals surface area contributed by atoms with Crippen LogP contribution in [0.1, 0.15) is 22.9 Å². The van der Waals surface area contributed by atoms with E-state index in [0.717, 1.165) is 22.4 Å². The highest BCUT2D eigenvalue weighted by molar-refractivity contribution is 5.82. The summed E-state index contributed by atoms with van der Waals surface area (Å²) >= 11 is 0. The number of para-hydroxylation sites is 1. The molecule has 0 atom stereocenters. The van der Waals surface area contributed by atoms with Gasteiger partial charge in [0.1, 0.15) is 17.6 Å². The third-order valence-electron chi connectivity index (χ3n) is 3.32. The van der Waals surface area contributed by atoms with Crippen LogP contribution in [0.5, 0.6) is 0 Å². The van der Waals surface area contributed by atoms with Gasteiger partial charge in [0, 0.05) is 5.39 Å². The van der Waals surface area contributed by atoms with Crippen molar-refractivity contribution in [1.82, 2.24) is 9.97 Å². The molecule has 0 spiro atoms. The molecule has 104 valence electrons. The highest BCUT2D eigenvalue weighted by Gasteiger charge is 2.09. The van der Waals surface area contributed by atoms with Gasteiger partial charge >= 0.3 is 0 Å². The van der Waals surface area contributed by atoms with Crippen LogP contribution in [-0.2, 0) is 6.54 Å². The number of rotatable bonds is 3. The lowest BCUT2D eigenvalue weighted by Gasteiger charge is -2.07. The van der Waals surface area contributed by atoms with Gasteiger partial charge in [-0.2, -0.15) is 5.26 Å². The summed E-state index contributed by atoms with van der Waals surface area (Å²) in [6.07, 6.45) is 0. The topological polar surface area (TPSA) is 74.7 Å². The van der Waals surface area contributed by atoms with E-state index in [9.17, 15) is 5.26 Å². The molecule has 0 aliphatic carbocycles. The van der Waals surface area contributed by atoms with Crippen LogP contribution in [0.25, 0.3) is 10.9 Å². The second-order valence-electron chi connectivity index (χ2n) is 4.79. The van der Waals surface area contributed by atoms with Gasteiger partial charge in [-0.1, -0.05) is 18.2 Å². The van der Waals surface area contributed by atoms with E-state index in [4.69, 9.17) is 4.42 Å². The first-order chi connectivity index (χ1) is 10.2. The summed E-state index contributed by atoms with van der Waals surface area (Å²) < 4.78 is 5.51. The zero-order chi connectivity index (χ0) is 14.8. The van der Waals surface area contributed by atoms with Crippen LogP contribution in [0, 0.1) is 25.2 Å². The molecule has 0 saturated carbocycles. The summed E-state index contributed by atoms with van der Waals surface area (Å²) in [5.74, 6) is 1.94. The lowest BCUT2D eigenvalue weighted by Crippen LogP contribution is -2.04. The Balaban J connectivity index is 1.90. The molecule has 0 aliphatic heterocycles. The number of nitriles is 1. The second-order valence-corrected chi connectivity index (χ2v) is 4.79. The van der Waals surface area contributed by atoms with E-state index in [-0.39, 0.29) is 0 Å². The molecule has 0 unspecified atom stereocenters. The van der Waals surface area contributed by atoms with Crippen molar-refractivity contribution in [2.45, 2.75) is 20.4 Å². The van der Waals surface area contributed by atoms with Gasteiger partial charge in [0.15, 0.2) is 0 Å². The normalized spacial score (nSPS) is 10.5. The minimum atomic E-state index is 0.398. The van der Waals surface area contributed by atoms with Crippen molar-refractivity contribution in [2.75, 3.05) is 5.32 Å². The molecule has 0 radical (unpaired) electrons. The molecular weight excluding hydrogens is 264 g/mol. The van der Waals surface area contributed by atoms with Crippen LogP contribution < -0.4 is 5.32 Å². The van der Waals surface area contributed by atoms with Gasteiger partial charge in [0.25, 0.3) is 0 Å². The maximum Gasteiger partial charge on any atom is 0.213 e. The van der Waals surface area contributed by atoms with Crippen molar-refractivity contribution in [2.24, 2.45) is 0 Å². The standard InChI is InChI=1S/C16H14N4O/c1-10-11(2)21-15(19-10)9-18-16-13(8-17)7-12-5-3-4-6-14(12)20-16/h3-7H,9H2,1-2H3,(H,18,20). The summed E-state index contributed by atoms with van der Waals surface area (Å²) in [7, 11) is 0. The van der Waals surface area contributed by atoms with Crippen LogP contribution in [0.4, 0.5) is 5.82 Å². The van der Waals surface area contributed by atoms with Crippen LogP contribution in [-0.4, -0.2) is 9.97 Å². The molecule has 0 bridgehead atoms. The van der Waals surface area contributed by atoms with Gasteiger partial charge in [0.2, 0.25) is 5.89 Å². The van der Waals surface area contributed by atoms with Crippen LogP contribution in [0.3, 0.4) is 0 Å². The molecular formula is C16H14N4O. The van der Waals surface area contributed by atoms with Crippen molar-refractivity contribution in [3.05, 3.63) is 53.2 Å². The van der Waals surface area contributed by atoms with E-state index in [0.29, 0.717) is 23.8 Å². The Morgan fingerprint density at radius 3 is 2.76 bits per heavy atom. The Labute approximate surface area is 122 Å². The molecule has 21 heavy (non-hydrogen) atoms. The van der Waals surface area contributed by atoms with Gasteiger partial charge in [-0.05, 0) is 26.0 Å². The van der Waals surface area contributed by atoms with E-state index in [1.165, 1.54) is 0 Å². The van der Waals surface area contributed by atoms with Gasteiger partial charge in [0.05, 0.1) is 23.3 Å². The minimum Gasteiger partial charge on any atom is -0.444 e. The highest BCUT2D eigenvalue weighted by atomic mass is 16.4. The molecule has 5 nitrogen and oxygen atoms in total. The Hall–Kier alpha value is -2.87. The summed E-state index contributed by atoms with van der Waals surface area (Å²) in [4.78, 5) is 8.79. The first-order valence-corrected chi connectivity index (χ1v) is 6.64. The number of hydrogen-bond acceptors (Lipinski definition) is 5. The molecule has 0 amide bonds. The van der Waals surface area contributed by atoms with E-state index in [1.54, 1.807) is 0 Å². The number of hydrogen-bond donors (Lipinski definition) is 1. The van der Waals surface area contributed by atoms with Gasteiger partial charge in [-0.3, -0.25) is 0 Å². The molecule has 3 aromatic rings. The fourth-order valence-electron chi connectivity index (χ4n) is 2.11. The van der Waals surface area contributed by atoms with E-state index in [1.807, 2.05) is 44.2 Å². The monoisotopic (exact) mass is 278 g/mol. The Kier molecular flexibility index (Phi) is 3.28. The quantitative estimate of drug-likeness (QED) is 0.795. The number of anilines is 1. The first-order valence-electron chi connectivity index (χ1n) is 6.64. The number of oxazole rings is 1. The summed E-state index contributed by atoms with van der Waals surface area (Å²) in [6, 6.07) is 11.7. The van der Waals surface area contributed by atoms with E-state index >= 15 is 0 Å². The molecule has 0 aliphatic rings. The maximum absolute atomic E-state index is 9.25. The molecule has 0 saturated heterocycles. The van der Waals surface area contributed by atoms with Crippen LogP contribution >= 0.6 is 0 Å². The number of pyridine rings is 1. The SMILES string of the molecule is Cc1nc(CNc2nc3ccccc3cc2C#N)oc1C. The zero-order valence-electron chi connectivity index (χ0n) is 11.8. The number of aryl methyl sites for hydroxylation is 2. The number of benzene rings is 1. The highest BCUT2D eigenvalue weighted by Crippen LogP contribution is 2.20. The summed E-state index contributed by atoms with van der Waals surface area (Å²) in [5.41, 5.74) is 2.23. The number of nitrogens with one attached hydrogen (secondary N) is 1. The average molecular weight is 278 g/mol. The minimum absolute atomic E-state index is 0.398. The largest absolute Gasteiger partial charge is 0.444 e. The number of fused-ring (bicyclic) bond motifs is 1. The molecule has 2 heterocycles. The fourth-order valence-corrected chi connectivity index (χ4v) is 2.11. The Bertz CT molecular complexity index is 826. The number of aromatic nitrogens is 2. The summed E-state index contributed by atoms with van der Waals surface area (Å²) in [5, 5.41) is 13.3. The molecule has 1 N–H and O–H groups in total.